The summed E-state index contributed by atoms with van der Waals surface area (Å²) in [7, 11) is 0. The molecule has 0 fully saturated rings. The molecule has 0 saturated carbocycles. The molecule has 0 saturated heterocycles. The van der Waals surface area contributed by atoms with Crippen molar-refractivity contribution in [3.8, 4) is 22.3 Å². The topological polar surface area (TPSA) is 0 Å². The van der Waals surface area contributed by atoms with Crippen molar-refractivity contribution in [1.29, 1.82) is 0 Å². The lowest BCUT2D eigenvalue weighted by atomic mass is 9.81. The van der Waals surface area contributed by atoms with Crippen molar-refractivity contribution in [3.05, 3.63) is 93.1 Å². The molecule has 0 N–H and O–H groups in total. The Balaban J connectivity index is 1.67. The molecule has 0 unspecified atom stereocenters. The van der Waals surface area contributed by atoms with Crippen LogP contribution in [0.25, 0.3) is 33.0 Å². The summed E-state index contributed by atoms with van der Waals surface area (Å²) >= 11 is 2.37. The molecule has 0 nitrogen and oxygen atoms in total. The van der Waals surface area contributed by atoms with Gasteiger partial charge in [0.15, 0.2) is 0 Å². The van der Waals surface area contributed by atoms with Crippen LogP contribution >= 0.6 is 22.6 Å². The quantitative estimate of drug-likeness (QED) is 0.255. The molecular formula is C26H21I. The van der Waals surface area contributed by atoms with Crippen molar-refractivity contribution in [1.82, 2.24) is 0 Å². The molecule has 0 aromatic heterocycles. The largest absolute Gasteiger partial charge is 0.0590 e. The summed E-state index contributed by atoms with van der Waals surface area (Å²) in [4.78, 5) is 0. The Labute approximate surface area is 174 Å². The minimum atomic E-state index is 0.0430. The molecule has 0 heterocycles. The van der Waals surface area contributed by atoms with Gasteiger partial charge in [-0.2, -0.15) is 0 Å². The Bertz CT molecular complexity index is 1210. The molecule has 0 spiro atoms. The highest BCUT2D eigenvalue weighted by Gasteiger charge is 2.35. The molecule has 0 bridgehead atoms. The molecule has 0 radical (unpaired) electrons. The summed E-state index contributed by atoms with van der Waals surface area (Å²) < 4.78 is 1.28. The highest BCUT2D eigenvalue weighted by molar-refractivity contribution is 14.1. The third-order valence-corrected chi connectivity index (χ3v) is 6.64. The Kier molecular flexibility index (Phi) is 3.74. The Morgan fingerprint density at radius 2 is 1.33 bits per heavy atom. The second kappa shape index (κ2) is 5.93. The summed E-state index contributed by atoms with van der Waals surface area (Å²) in [6.07, 6.45) is 0. The number of benzene rings is 4. The first-order valence-corrected chi connectivity index (χ1v) is 10.5. The van der Waals surface area contributed by atoms with E-state index in [0.29, 0.717) is 0 Å². The predicted molar refractivity (Wildman–Crippen MR) is 124 cm³/mol. The Morgan fingerprint density at radius 3 is 2.19 bits per heavy atom. The highest BCUT2D eigenvalue weighted by atomic mass is 127. The lowest BCUT2D eigenvalue weighted by Crippen LogP contribution is -2.15. The maximum Gasteiger partial charge on any atom is 0.0159 e. The van der Waals surface area contributed by atoms with Crippen LogP contribution in [0.2, 0.25) is 0 Å². The van der Waals surface area contributed by atoms with Crippen LogP contribution in [-0.2, 0) is 5.41 Å². The van der Waals surface area contributed by atoms with Crippen LogP contribution in [0.15, 0.2) is 72.8 Å². The SMILES string of the molecule is Cc1ccc2c(c1)-c1ccc(-c3ccc4cc(I)ccc4c3)cc1C2(C)C. The third-order valence-electron chi connectivity index (χ3n) is 5.97. The number of aryl methyl sites for hydroxylation is 1. The summed E-state index contributed by atoms with van der Waals surface area (Å²) in [6.45, 7) is 6.87. The van der Waals surface area contributed by atoms with E-state index >= 15 is 0 Å². The van der Waals surface area contributed by atoms with Gasteiger partial charge in [-0.05, 0) is 97.9 Å². The minimum absolute atomic E-state index is 0.0430. The van der Waals surface area contributed by atoms with Gasteiger partial charge in [0, 0.05) is 8.99 Å². The maximum absolute atomic E-state index is 2.40. The summed E-state index contributed by atoms with van der Waals surface area (Å²) in [5, 5.41) is 2.60. The predicted octanol–water partition coefficient (Wildman–Crippen LogP) is 7.73. The van der Waals surface area contributed by atoms with E-state index in [-0.39, 0.29) is 5.41 Å². The molecule has 1 aliphatic carbocycles. The summed E-state index contributed by atoms with van der Waals surface area (Å²) in [6, 6.07) is 27.3. The van der Waals surface area contributed by atoms with Crippen molar-refractivity contribution in [2.45, 2.75) is 26.2 Å². The van der Waals surface area contributed by atoms with Gasteiger partial charge in [0.05, 0.1) is 0 Å². The van der Waals surface area contributed by atoms with Crippen LogP contribution in [0.5, 0.6) is 0 Å². The second-order valence-corrected chi connectivity index (χ2v) is 9.39. The first-order chi connectivity index (χ1) is 12.9. The molecule has 0 amide bonds. The summed E-state index contributed by atoms with van der Waals surface area (Å²) in [5.74, 6) is 0. The van der Waals surface area contributed by atoms with Gasteiger partial charge in [0.2, 0.25) is 0 Å². The molecule has 132 valence electrons. The molecule has 1 aliphatic rings. The van der Waals surface area contributed by atoms with E-state index in [4.69, 9.17) is 0 Å². The maximum atomic E-state index is 2.40. The average molecular weight is 460 g/mol. The number of rotatable bonds is 1. The first-order valence-electron chi connectivity index (χ1n) is 9.39. The first kappa shape index (κ1) is 17.0. The summed E-state index contributed by atoms with van der Waals surface area (Å²) in [5.41, 5.74) is 9.61. The van der Waals surface area contributed by atoms with E-state index in [2.05, 4.69) is 116 Å². The minimum Gasteiger partial charge on any atom is -0.0590 e. The van der Waals surface area contributed by atoms with Crippen molar-refractivity contribution in [3.63, 3.8) is 0 Å². The lowest BCUT2D eigenvalue weighted by molar-refractivity contribution is 0.660. The molecule has 4 aromatic rings. The third kappa shape index (κ3) is 2.63. The smallest absolute Gasteiger partial charge is 0.0159 e. The van der Waals surface area contributed by atoms with Gasteiger partial charge in [-0.1, -0.05) is 67.9 Å². The Morgan fingerprint density at radius 1 is 0.630 bits per heavy atom. The fourth-order valence-corrected chi connectivity index (χ4v) is 4.96. The normalized spacial score (nSPS) is 14.2. The van der Waals surface area contributed by atoms with Gasteiger partial charge >= 0.3 is 0 Å². The number of fused-ring (bicyclic) bond motifs is 4. The molecule has 5 rings (SSSR count). The van der Waals surface area contributed by atoms with Crippen molar-refractivity contribution < 1.29 is 0 Å². The molecule has 4 aromatic carbocycles. The van der Waals surface area contributed by atoms with E-state index < -0.39 is 0 Å². The van der Waals surface area contributed by atoms with E-state index in [0.717, 1.165) is 0 Å². The van der Waals surface area contributed by atoms with Gasteiger partial charge in [0.1, 0.15) is 0 Å². The van der Waals surface area contributed by atoms with Gasteiger partial charge in [-0.25, -0.2) is 0 Å². The standard InChI is InChI=1S/C26H21I/c1-16-4-11-24-23(12-16)22-10-8-20(15-25(22)26(24,2)3)17-5-6-19-14-21(27)9-7-18(19)13-17/h4-15H,1-3H3. The zero-order valence-corrected chi connectivity index (χ0v) is 18.0. The van der Waals surface area contributed by atoms with Gasteiger partial charge in [0.25, 0.3) is 0 Å². The second-order valence-electron chi connectivity index (χ2n) is 8.14. The van der Waals surface area contributed by atoms with E-state index in [1.807, 2.05) is 0 Å². The van der Waals surface area contributed by atoms with Gasteiger partial charge in [-0.3, -0.25) is 0 Å². The number of hydrogen-bond acceptors (Lipinski definition) is 0. The van der Waals surface area contributed by atoms with E-state index in [9.17, 15) is 0 Å². The zero-order chi connectivity index (χ0) is 18.8. The van der Waals surface area contributed by atoms with E-state index in [1.165, 1.54) is 53.3 Å². The molecule has 0 aliphatic heterocycles. The van der Waals surface area contributed by atoms with Crippen LogP contribution in [-0.4, -0.2) is 0 Å². The van der Waals surface area contributed by atoms with Crippen molar-refractivity contribution in [2.24, 2.45) is 0 Å². The molecule has 27 heavy (non-hydrogen) atoms. The lowest BCUT2D eigenvalue weighted by Gasteiger charge is -2.22. The van der Waals surface area contributed by atoms with Crippen LogP contribution in [0.1, 0.15) is 30.5 Å². The molecular weight excluding hydrogens is 439 g/mol. The van der Waals surface area contributed by atoms with E-state index in [1.54, 1.807) is 0 Å². The van der Waals surface area contributed by atoms with Crippen molar-refractivity contribution >= 4 is 33.4 Å². The number of hydrogen-bond donors (Lipinski definition) is 0. The fourth-order valence-electron chi connectivity index (χ4n) is 4.44. The molecule has 1 heteroatoms. The fraction of sp³-hybridized carbons (Fsp3) is 0.154. The average Bonchev–Trinajstić information content (AvgIpc) is 2.88. The van der Waals surface area contributed by atoms with Gasteiger partial charge < -0.3 is 0 Å². The zero-order valence-electron chi connectivity index (χ0n) is 15.8. The van der Waals surface area contributed by atoms with Crippen LogP contribution in [0.4, 0.5) is 0 Å². The van der Waals surface area contributed by atoms with Crippen LogP contribution in [0.3, 0.4) is 0 Å². The molecule has 0 atom stereocenters. The number of halogens is 1. The van der Waals surface area contributed by atoms with Crippen LogP contribution < -0.4 is 0 Å². The highest BCUT2D eigenvalue weighted by Crippen LogP contribution is 2.49. The van der Waals surface area contributed by atoms with Crippen LogP contribution in [0, 0.1) is 10.5 Å². The van der Waals surface area contributed by atoms with Crippen molar-refractivity contribution in [2.75, 3.05) is 0 Å². The monoisotopic (exact) mass is 460 g/mol. The van der Waals surface area contributed by atoms with Gasteiger partial charge in [-0.15, -0.1) is 0 Å². The Hall–Kier alpha value is -2.13.